The summed E-state index contributed by atoms with van der Waals surface area (Å²) in [5, 5.41) is 0. The maximum Gasteiger partial charge on any atom is 0.356 e. The van der Waals surface area contributed by atoms with Gasteiger partial charge in [-0.25, -0.2) is 15.1 Å². The zero-order valence-corrected chi connectivity index (χ0v) is 13.0. The average Bonchev–Trinajstić information content (AvgIpc) is 3.01. The van der Waals surface area contributed by atoms with Crippen LogP contribution in [0.3, 0.4) is 0 Å². The maximum absolute atomic E-state index is 12.5. The quantitative estimate of drug-likeness (QED) is 0.416. The molecular formula is C13H10IN3O4. The number of nitrogens with zero attached hydrogens (tertiary/aromatic N) is 1. The number of imide groups is 1. The van der Waals surface area contributed by atoms with Gasteiger partial charge in [-0.15, -0.1) is 0 Å². The lowest BCUT2D eigenvalue weighted by atomic mass is 10.1. The van der Waals surface area contributed by atoms with Gasteiger partial charge in [-0.2, -0.15) is 0 Å². The first-order valence-electron chi connectivity index (χ1n) is 6.02. The number of esters is 1. The van der Waals surface area contributed by atoms with Crippen LogP contribution >= 0.6 is 22.6 Å². The molecule has 0 radical (unpaired) electrons. The molecule has 1 atom stereocenters. The smallest absolute Gasteiger partial charge is 0.356 e. The van der Waals surface area contributed by atoms with Gasteiger partial charge in [-0.3, -0.25) is 9.59 Å². The first-order valence-corrected chi connectivity index (χ1v) is 7.10. The van der Waals surface area contributed by atoms with Crippen LogP contribution in [0.25, 0.3) is 0 Å². The second kappa shape index (κ2) is 5.11. The highest BCUT2D eigenvalue weighted by molar-refractivity contribution is 14.1. The SMILES string of the molecule is COC(=O)C1=C2C(=O)N(c3ccc(I)cc3)C(=O)[C@@H]2NN1. The molecular weight excluding hydrogens is 389 g/mol. The van der Waals surface area contributed by atoms with E-state index >= 15 is 0 Å². The summed E-state index contributed by atoms with van der Waals surface area (Å²) >= 11 is 2.13. The number of benzene rings is 1. The maximum atomic E-state index is 12.5. The van der Waals surface area contributed by atoms with Gasteiger partial charge in [0.1, 0.15) is 11.7 Å². The van der Waals surface area contributed by atoms with Crippen molar-refractivity contribution in [3.63, 3.8) is 0 Å². The van der Waals surface area contributed by atoms with Crippen LogP contribution in [0.2, 0.25) is 0 Å². The van der Waals surface area contributed by atoms with Gasteiger partial charge < -0.3 is 10.2 Å². The topological polar surface area (TPSA) is 87.7 Å². The first-order chi connectivity index (χ1) is 10.0. The lowest BCUT2D eigenvalue weighted by Crippen LogP contribution is -2.42. The molecule has 108 valence electrons. The third-order valence-corrected chi connectivity index (χ3v) is 3.99. The van der Waals surface area contributed by atoms with Gasteiger partial charge in [0.15, 0.2) is 0 Å². The third-order valence-electron chi connectivity index (χ3n) is 3.27. The molecule has 0 saturated carbocycles. The molecule has 3 rings (SSSR count). The number of hydrazine groups is 1. The Bertz CT molecular complexity index is 683. The first kappa shape index (κ1) is 14.0. The molecule has 0 unspecified atom stereocenters. The van der Waals surface area contributed by atoms with Crippen LogP contribution in [0, 0.1) is 3.57 Å². The molecule has 21 heavy (non-hydrogen) atoms. The van der Waals surface area contributed by atoms with Crippen LogP contribution in [0.1, 0.15) is 0 Å². The highest BCUT2D eigenvalue weighted by Gasteiger charge is 2.50. The molecule has 0 aliphatic carbocycles. The monoisotopic (exact) mass is 399 g/mol. The molecule has 1 saturated heterocycles. The number of carbonyl (C=O) groups is 3. The summed E-state index contributed by atoms with van der Waals surface area (Å²) in [6.45, 7) is 0. The Balaban J connectivity index is 2.04. The standard InChI is InChI=1S/C13H10IN3O4/c1-21-13(20)10-8-9(15-16-10)12(19)17(11(8)18)7-4-2-6(14)3-5-7/h2-5,9,15-16H,1H3/t9-/m1/s1. The number of halogens is 1. The van der Waals surface area contributed by atoms with E-state index in [0.717, 1.165) is 8.47 Å². The third kappa shape index (κ3) is 2.10. The minimum Gasteiger partial charge on any atom is -0.464 e. The Labute approximate surface area is 133 Å². The highest BCUT2D eigenvalue weighted by Crippen LogP contribution is 2.30. The summed E-state index contributed by atoms with van der Waals surface area (Å²) in [6.07, 6.45) is 0. The Morgan fingerprint density at radius 2 is 1.95 bits per heavy atom. The molecule has 0 aromatic heterocycles. The van der Waals surface area contributed by atoms with Gasteiger partial charge in [0.05, 0.1) is 18.4 Å². The minimum atomic E-state index is -0.870. The van der Waals surface area contributed by atoms with Gasteiger partial charge in [0.2, 0.25) is 0 Å². The molecule has 0 spiro atoms. The van der Waals surface area contributed by atoms with Crippen molar-refractivity contribution in [1.29, 1.82) is 0 Å². The molecule has 1 aromatic carbocycles. The second-order valence-corrected chi connectivity index (χ2v) is 5.68. The predicted molar refractivity (Wildman–Crippen MR) is 80.8 cm³/mol. The average molecular weight is 399 g/mol. The number of methoxy groups -OCH3 is 1. The van der Waals surface area contributed by atoms with E-state index in [4.69, 9.17) is 0 Å². The molecule has 0 bridgehead atoms. The van der Waals surface area contributed by atoms with Crippen LogP contribution in [-0.4, -0.2) is 30.9 Å². The molecule has 7 nitrogen and oxygen atoms in total. The summed E-state index contributed by atoms with van der Waals surface area (Å²) in [5.74, 6) is -1.64. The van der Waals surface area contributed by atoms with Crippen LogP contribution in [0.15, 0.2) is 35.5 Å². The van der Waals surface area contributed by atoms with Crippen molar-refractivity contribution in [3.8, 4) is 0 Å². The van der Waals surface area contributed by atoms with Gasteiger partial charge in [0, 0.05) is 3.57 Å². The van der Waals surface area contributed by atoms with Gasteiger partial charge in [0.25, 0.3) is 11.8 Å². The zero-order chi connectivity index (χ0) is 15.1. The molecule has 2 aliphatic rings. The Morgan fingerprint density at radius 1 is 1.29 bits per heavy atom. The van der Waals surface area contributed by atoms with Crippen LogP contribution in [-0.2, 0) is 19.1 Å². The van der Waals surface area contributed by atoms with E-state index < -0.39 is 23.8 Å². The summed E-state index contributed by atoms with van der Waals surface area (Å²) in [4.78, 5) is 37.5. The van der Waals surface area contributed by atoms with E-state index in [9.17, 15) is 14.4 Å². The fourth-order valence-electron chi connectivity index (χ4n) is 2.29. The molecule has 8 heteroatoms. The van der Waals surface area contributed by atoms with E-state index in [-0.39, 0.29) is 11.3 Å². The number of hydrogen-bond donors (Lipinski definition) is 2. The molecule has 1 aromatic rings. The normalized spacial score (nSPS) is 20.7. The summed E-state index contributed by atoms with van der Waals surface area (Å²) in [7, 11) is 1.21. The summed E-state index contributed by atoms with van der Waals surface area (Å²) in [5.41, 5.74) is 5.71. The summed E-state index contributed by atoms with van der Waals surface area (Å²) in [6, 6.07) is 6.10. The second-order valence-electron chi connectivity index (χ2n) is 4.44. The number of rotatable bonds is 2. The predicted octanol–water partition coefficient (Wildman–Crippen LogP) is 0.0679. The van der Waals surface area contributed by atoms with Crippen molar-refractivity contribution >= 4 is 46.1 Å². The number of ether oxygens (including phenoxy) is 1. The highest BCUT2D eigenvalue weighted by atomic mass is 127. The molecule has 2 aliphatic heterocycles. The minimum absolute atomic E-state index is 0.0196. The number of hydrogen-bond acceptors (Lipinski definition) is 6. The van der Waals surface area contributed by atoms with E-state index in [2.05, 4.69) is 38.2 Å². The van der Waals surface area contributed by atoms with Gasteiger partial charge >= 0.3 is 5.97 Å². The van der Waals surface area contributed by atoms with Crippen LogP contribution < -0.4 is 15.8 Å². The van der Waals surface area contributed by atoms with Gasteiger partial charge in [-0.1, -0.05) is 0 Å². The van der Waals surface area contributed by atoms with Crippen molar-refractivity contribution in [1.82, 2.24) is 10.9 Å². The van der Waals surface area contributed by atoms with Crippen molar-refractivity contribution in [2.45, 2.75) is 6.04 Å². The van der Waals surface area contributed by atoms with E-state index in [1.165, 1.54) is 7.11 Å². The lowest BCUT2D eigenvalue weighted by Gasteiger charge is -2.15. The Hall–Kier alpha value is -1.94. The molecule has 2 amide bonds. The lowest BCUT2D eigenvalue weighted by molar-refractivity contribution is -0.137. The molecule has 2 N–H and O–H groups in total. The number of fused-ring (bicyclic) bond motifs is 1. The zero-order valence-electron chi connectivity index (χ0n) is 10.8. The fourth-order valence-corrected chi connectivity index (χ4v) is 2.65. The Kier molecular flexibility index (Phi) is 3.41. The largest absolute Gasteiger partial charge is 0.464 e. The van der Waals surface area contributed by atoms with Crippen molar-refractivity contribution in [3.05, 3.63) is 39.1 Å². The van der Waals surface area contributed by atoms with Crippen LogP contribution in [0.5, 0.6) is 0 Å². The molecule has 1 fully saturated rings. The van der Waals surface area contributed by atoms with Crippen molar-refractivity contribution in [2.24, 2.45) is 0 Å². The number of carbonyl (C=O) groups excluding carboxylic acids is 3. The molecule has 2 heterocycles. The summed E-state index contributed by atoms with van der Waals surface area (Å²) < 4.78 is 5.59. The number of anilines is 1. The van der Waals surface area contributed by atoms with Crippen molar-refractivity contribution in [2.75, 3.05) is 12.0 Å². The van der Waals surface area contributed by atoms with Crippen LogP contribution in [0.4, 0.5) is 5.69 Å². The van der Waals surface area contributed by atoms with Gasteiger partial charge in [-0.05, 0) is 46.9 Å². The van der Waals surface area contributed by atoms with Crippen molar-refractivity contribution < 1.29 is 19.1 Å². The number of nitrogens with one attached hydrogen (secondary N) is 2. The van der Waals surface area contributed by atoms with E-state index in [1.807, 2.05) is 0 Å². The van der Waals surface area contributed by atoms with E-state index in [0.29, 0.717) is 5.69 Å². The van der Waals surface area contributed by atoms with E-state index in [1.54, 1.807) is 24.3 Å². The number of amides is 2. The fraction of sp³-hybridized carbons (Fsp3) is 0.154. The Morgan fingerprint density at radius 3 is 2.57 bits per heavy atom.